The minimum absolute atomic E-state index is 0.0276. The smallest absolute Gasteiger partial charge is 0.220 e. The molecule has 1 unspecified atom stereocenters. The standard InChI is InChI=1S/C21H23FN2O3/c1-24(2)18(20-8-5-13-26-20)14-23-21(25)12-10-15-9-11-19(27-15)16-6-3-4-7-17(16)22/h3-9,11,13,18H,10,12,14H2,1-2H3,(H,23,25). The van der Waals surface area contributed by atoms with Crippen LogP contribution in [0.2, 0.25) is 0 Å². The summed E-state index contributed by atoms with van der Waals surface area (Å²) < 4.78 is 24.9. The van der Waals surface area contributed by atoms with E-state index in [0.717, 1.165) is 5.76 Å². The lowest BCUT2D eigenvalue weighted by Gasteiger charge is -2.22. The summed E-state index contributed by atoms with van der Waals surface area (Å²) in [6.07, 6.45) is 2.37. The van der Waals surface area contributed by atoms with Gasteiger partial charge in [0.05, 0.1) is 17.9 Å². The van der Waals surface area contributed by atoms with E-state index in [0.29, 0.717) is 36.5 Å². The molecule has 3 aromatic rings. The van der Waals surface area contributed by atoms with E-state index in [1.165, 1.54) is 6.07 Å². The number of carbonyl (C=O) groups excluding carboxylic acids is 1. The fourth-order valence-corrected chi connectivity index (χ4v) is 2.87. The van der Waals surface area contributed by atoms with Gasteiger partial charge in [0.2, 0.25) is 5.91 Å². The molecule has 0 fully saturated rings. The molecule has 0 aliphatic rings. The van der Waals surface area contributed by atoms with Gasteiger partial charge in [-0.15, -0.1) is 0 Å². The summed E-state index contributed by atoms with van der Waals surface area (Å²) in [4.78, 5) is 14.2. The third kappa shape index (κ3) is 4.86. The van der Waals surface area contributed by atoms with Gasteiger partial charge in [0, 0.05) is 19.4 Å². The normalized spacial score (nSPS) is 12.3. The van der Waals surface area contributed by atoms with Crippen LogP contribution in [0.1, 0.15) is 24.0 Å². The third-order valence-corrected chi connectivity index (χ3v) is 4.39. The molecule has 27 heavy (non-hydrogen) atoms. The van der Waals surface area contributed by atoms with Crippen LogP contribution in [0.25, 0.3) is 11.3 Å². The van der Waals surface area contributed by atoms with Crippen molar-refractivity contribution < 1.29 is 18.0 Å². The summed E-state index contributed by atoms with van der Waals surface area (Å²) in [5.74, 6) is 1.52. The van der Waals surface area contributed by atoms with Crippen LogP contribution in [0.3, 0.4) is 0 Å². The number of hydrogen-bond acceptors (Lipinski definition) is 4. The highest BCUT2D eigenvalue weighted by Crippen LogP contribution is 2.25. The van der Waals surface area contributed by atoms with Gasteiger partial charge in [-0.1, -0.05) is 12.1 Å². The number of halogens is 1. The molecule has 2 heterocycles. The minimum Gasteiger partial charge on any atom is -0.468 e. The second-order valence-electron chi connectivity index (χ2n) is 6.54. The van der Waals surface area contributed by atoms with Crippen molar-refractivity contribution in [2.75, 3.05) is 20.6 Å². The minimum atomic E-state index is -0.330. The molecule has 0 bridgehead atoms. The molecule has 0 radical (unpaired) electrons. The van der Waals surface area contributed by atoms with E-state index < -0.39 is 0 Å². The number of hydrogen-bond donors (Lipinski definition) is 1. The molecule has 6 heteroatoms. The van der Waals surface area contributed by atoms with Crippen LogP contribution in [0.4, 0.5) is 4.39 Å². The van der Waals surface area contributed by atoms with Crippen molar-refractivity contribution in [1.82, 2.24) is 10.2 Å². The molecule has 2 aromatic heterocycles. The summed E-state index contributed by atoms with van der Waals surface area (Å²) in [5, 5.41) is 2.93. The second kappa shape index (κ2) is 8.68. The lowest BCUT2D eigenvalue weighted by molar-refractivity contribution is -0.121. The Labute approximate surface area is 157 Å². The van der Waals surface area contributed by atoms with Crippen LogP contribution in [0.15, 0.2) is 63.6 Å². The third-order valence-electron chi connectivity index (χ3n) is 4.39. The number of nitrogens with zero attached hydrogens (tertiary/aromatic N) is 1. The Bertz CT molecular complexity index is 871. The quantitative estimate of drug-likeness (QED) is 0.650. The summed E-state index contributed by atoms with van der Waals surface area (Å²) in [6, 6.07) is 13.7. The summed E-state index contributed by atoms with van der Waals surface area (Å²) in [6.45, 7) is 0.456. The zero-order valence-electron chi connectivity index (χ0n) is 15.4. The predicted molar refractivity (Wildman–Crippen MR) is 101 cm³/mol. The maximum absolute atomic E-state index is 13.8. The number of nitrogens with one attached hydrogen (secondary N) is 1. The largest absolute Gasteiger partial charge is 0.468 e. The van der Waals surface area contributed by atoms with E-state index in [1.54, 1.807) is 36.6 Å². The van der Waals surface area contributed by atoms with Crippen LogP contribution >= 0.6 is 0 Å². The Kier molecular flexibility index (Phi) is 6.08. The first-order valence-corrected chi connectivity index (χ1v) is 8.84. The molecule has 5 nitrogen and oxygen atoms in total. The first-order chi connectivity index (χ1) is 13.0. The summed E-state index contributed by atoms with van der Waals surface area (Å²) >= 11 is 0. The van der Waals surface area contributed by atoms with Crippen LogP contribution in [-0.2, 0) is 11.2 Å². The zero-order chi connectivity index (χ0) is 19.2. The monoisotopic (exact) mass is 370 g/mol. The average Bonchev–Trinajstić information content (AvgIpc) is 3.32. The molecule has 1 atom stereocenters. The van der Waals surface area contributed by atoms with Crippen LogP contribution in [0, 0.1) is 5.82 Å². The lowest BCUT2D eigenvalue weighted by atomic mass is 10.1. The highest BCUT2D eigenvalue weighted by atomic mass is 19.1. The van der Waals surface area contributed by atoms with Crippen LogP contribution in [-0.4, -0.2) is 31.4 Å². The number of likely N-dealkylation sites (N-methyl/N-ethyl adjacent to an activating group) is 1. The second-order valence-corrected chi connectivity index (χ2v) is 6.54. The number of furan rings is 2. The topological polar surface area (TPSA) is 58.6 Å². The Morgan fingerprint density at radius 1 is 1.15 bits per heavy atom. The van der Waals surface area contributed by atoms with Crippen molar-refractivity contribution >= 4 is 5.91 Å². The molecule has 0 saturated heterocycles. The van der Waals surface area contributed by atoms with E-state index in [-0.39, 0.29) is 17.8 Å². The molecule has 1 N–H and O–H groups in total. The number of rotatable bonds is 8. The highest BCUT2D eigenvalue weighted by molar-refractivity contribution is 5.76. The molecule has 0 aliphatic heterocycles. The molecule has 1 aromatic carbocycles. The van der Waals surface area contributed by atoms with Gasteiger partial charge in [0.1, 0.15) is 23.1 Å². The molecule has 1 amide bonds. The Balaban J connectivity index is 1.52. The fourth-order valence-electron chi connectivity index (χ4n) is 2.87. The fraction of sp³-hybridized carbons (Fsp3) is 0.286. The van der Waals surface area contributed by atoms with Crippen molar-refractivity contribution in [2.24, 2.45) is 0 Å². The van der Waals surface area contributed by atoms with Gasteiger partial charge >= 0.3 is 0 Å². The van der Waals surface area contributed by atoms with Gasteiger partial charge < -0.3 is 14.2 Å². The van der Waals surface area contributed by atoms with E-state index >= 15 is 0 Å². The molecular formula is C21H23FN2O3. The van der Waals surface area contributed by atoms with Crippen molar-refractivity contribution in [3.05, 3.63) is 72.1 Å². The number of benzene rings is 1. The Morgan fingerprint density at radius 3 is 2.67 bits per heavy atom. The molecule has 0 aliphatic carbocycles. The van der Waals surface area contributed by atoms with E-state index in [2.05, 4.69) is 5.32 Å². The van der Waals surface area contributed by atoms with Crippen molar-refractivity contribution in [3.63, 3.8) is 0 Å². The van der Waals surface area contributed by atoms with Crippen LogP contribution < -0.4 is 5.32 Å². The van der Waals surface area contributed by atoms with Gasteiger partial charge in [-0.05, 0) is 50.5 Å². The van der Waals surface area contributed by atoms with Crippen LogP contribution in [0.5, 0.6) is 0 Å². The van der Waals surface area contributed by atoms with Crippen molar-refractivity contribution in [3.8, 4) is 11.3 Å². The molecule has 0 spiro atoms. The van der Waals surface area contributed by atoms with E-state index in [4.69, 9.17) is 8.83 Å². The van der Waals surface area contributed by atoms with Gasteiger partial charge in [-0.25, -0.2) is 4.39 Å². The highest BCUT2D eigenvalue weighted by Gasteiger charge is 2.18. The van der Waals surface area contributed by atoms with Gasteiger partial charge in [-0.3, -0.25) is 9.69 Å². The lowest BCUT2D eigenvalue weighted by Crippen LogP contribution is -2.34. The Hall–Kier alpha value is -2.86. The SMILES string of the molecule is CN(C)C(CNC(=O)CCc1ccc(-c2ccccc2F)o1)c1ccco1. The van der Waals surface area contributed by atoms with E-state index in [1.807, 2.05) is 31.1 Å². The maximum atomic E-state index is 13.8. The predicted octanol–water partition coefficient (Wildman–Crippen LogP) is 4.03. The summed E-state index contributed by atoms with van der Waals surface area (Å²) in [5.41, 5.74) is 0.417. The first-order valence-electron chi connectivity index (χ1n) is 8.84. The number of aryl methyl sites for hydroxylation is 1. The average molecular weight is 370 g/mol. The number of amides is 1. The zero-order valence-corrected chi connectivity index (χ0v) is 15.4. The Morgan fingerprint density at radius 2 is 1.96 bits per heavy atom. The molecule has 3 rings (SSSR count). The van der Waals surface area contributed by atoms with E-state index in [9.17, 15) is 9.18 Å². The van der Waals surface area contributed by atoms with Gasteiger partial charge in [-0.2, -0.15) is 0 Å². The molecule has 0 saturated carbocycles. The van der Waals surface area contributed by atoms with Gasteiger partial charge in [0.15, 0.2) is 0 Å². The van der Waals surface area contributed by atoms with Gasteiger partial charge in [0.25, 0.3) is 0 Å². The number of carbonyl (C=O) groups is 1. The first kappa shape index (κ1) is 18.9. The van der Waals surface area contributed by atoms with Crippen molar-refractivity contribution in [2.45, 2.75) is 18.9 Å². The summed E-state index contributed by atoms with van der Waals surface area (Å²) in [7, 11) is 3.87. The maximum Gasteiger partial charge on any atom is 0.220 e. The molecule has 142 valence electrons. The van der Waals surface area contributed by atoms with Crippen molar-refractivity contribution in [1.29, 1.82) is 0 Å². The molecular weight excluding hydrogens is 347 g/mol.